The summed E-state index contributed by atoms with van der Waals surface area (Å²) in [5.41, 5.74) is 3.66. The molecule has 2 N–H and O–H groups in total. The fraction of sp³-hybridized carbons (Fsp3) is 0.133. The van der Waals surface area contributed by atoms with Crippen molar-refractivity contribution < 1.29 is 15.0 Å². The molecule has 1 atom stereocenters. The Kier molecular flexibility index (Phi) is 3.44. The normalized spacial score (nSPS) is 12.1. The van der Waals surface area contributed by atoms with E-state index in [0.29, 0.717) is 5.56 Å². The molecule has 0 amide bonds. The van der Waals surface area contributed by atoms with Crippen molar-refractivity contribution in [1.29, 1.82) is 0 Å². The summed E-state index contributed by atoms with van der Waals surface area (Å²) < 4.78 is 0. The largest absolute Gasteiger partial charge is 0.479 e. The van der Waals surface area contributed by atoms with Crippen LogP contribution in [-0.2, 0) is 4.79 Å². The molecular weight excluding hydrogens is 228 g/mol. The van der Waals surface area contributed by atoms with Crippen LogP contribution in [0.4, 0.5) is 0 Å². The number of rotatable bonds is 3. The van der Waals surface area contributed by atoms with E-state index in [2.05, 4.69) is 0 Å². The molecule has 3 heteroatoms. The standard InChI is InChI=1S/C15H14O3/c1-10-4-2-3-5-13(10)11-6-8-12(9-7-11)14(16)15(17)18/h2-9,14,16H,1H3,(H,17,18)/t14-/m1/s1. The highest BCUT2D eigenvalue weighted by Crippen LogP contribution is 2.24. The van der Waals surface area contributed by atoms with Gasteiger partial charge in [-0.25, -0.2) is 4.79 Å². The van der Waals surface area contributed by atoms with Crippen molar-refractivity contribution in [2.75, 3.05) is 0 Å². The molecule has 2 rings (SSSR count). The SMILES string of the molecule is Cc1ccccc1-c1ccc([C@@H](O)C(=O)O)cc1. The first-order valence-electron chi connectivity index (χ1n) is 5.66. The number of carbonyl (C=O) groups is 1. The third kappa shape index (κ3) is 2.41. The second-order valence-corrected chi connectivity index (χ2v) is 4.18. The van der Waals surface area contributed by atoms with E-state index < -0.39 is 12.1 Å². The Morgan fingerprint density at radius 2 is 1.67 bits per heavy atom. The number of hydrogen-bond donors (Lipinski definition) is 2. The topological polar surface area (TPSA) is 57.5 Å². The van der Waals surface area contributed by atoms with E-state index in [9.17, 15) is 9.90 Å². The van der Waals surface area contributed by atoms with Gasteiger partial charge >= 0.3 is 5.97 Å². The molecule has 2 aromatic rings. The second kappa shape index (κ2) is 5.02. The Bertz CT molecular complexity index is 558. The third-order valence-electron chi connectivity index (χ3n) is 2.92. The summed E-state index contributed by atoms with van der Waals surface area (Å²) in [6.45, 7) is 2.02. The molecule has 0 radical (unpaired) electrons. The Labute approximate surface area is 105 Å². The zero-order valence-electron chi connectivity index (χ0n) is 10.00. The quantitative estimate of drug-likeness (QED) is 0.870. The first-order chi connectivity index (χ1) is 8.59. The Balaban J connectivity index is 2.34. The maximum atomic E-state index is 10.7. The number of aliphatic hydroxyl groups excluding tert-OH is 1. The fourth-order valence-corrected chi connectivity index (χ4v) is 1.88. The van der Waals surface area contributed by atoms with E-state index in [4.69, 9.17) is 5.11 Å². The molecule has 2 aromatic carbocycles. The number of aryl methyl sites for hydroxylation is 1. The summed E-state index contributed by atoms with van der Waals surface area (Å²) >= 11 is 0. The van der Waals surface area contributed by atoms with Gasteiger partial charge in [-0.3, -0.25) is 0 Å². The molecule has 92 valence electrons. The second-order valence-electron chi connectivity index (χ2n) is 4.18. The lowest BCUT2D eigenvalue weighted by molar-refractivity contribution is -0.146. The zero-order chi connectivity index (χ0) is 13.1. The van der Waals surface area contributed by atoms with Crippen LogP contribution in [0.25, 0.3) is 11.1 Å². The van der Waals surface area contributed by atoms with Crippen molar-refractivity contribution >= 4 is 5.97 Å². The van der Waals surface area contributed by atoms with E-state index in [1.165, 1.54) is 0 Å². The first-order valence-corrected chi connectivity index (χ1v) is 5.66. The van der Waals surface area contributed by atoms with Crippen LogP contribution in [0.5, 0.6) is 0 Å². The number of aliphatic hydroxyl groups is 1. The summed E-state index contributed by atoms with van der Waals surface area (Å²) in [5.74, 6) is -1.24. The molecule has 0 heterocycles. The average Bonchev–Trinajstić information content (AvgIpc) is 2.38. The van der Waals surface area contributed by atoms with Gasteiger partial charge in [0.25, 0.3) is 0 Å². The Morgan fingerprint density at radius 3 is 2.22 bits per heavy atom. The van der Waals surface area contributed by atoms with Crippen LogP contribution in [0.1, 0.15) is 17.2 Å². The number of hydrogen-bond acceptors (Lipinski definition) is 2. The predicted molar refractivity (Wildman–Crippen MR) is 69.2 cm³/mol. The molecule has 0 saturated carbocycles. The fourth-order valence-electron chi connectivity index (χ4n) is 1.88. The lowest BCUT2D eigenvalue weighted by atomic mass is 9.98. The highest BCUT2D eigenvalue weighted by molar-refractivity contribution is 5.75. The maximum absolute atomic E-state index is 10.7. The van der Waals surface area contributed by atoms with Crippen LogP contribution in [0, 0.1) is 6.92 Å². The van der Waals surface area contributed by atoms with E-state index >= 15 is 0 Å². The van der Waals surface area contributed by atoms with Gasteiger partial charge in [0.05, 0.1) is 0 Å². The molecule has 3 nitrogen and oxygen atoms in total. The van der Waals surface area contributed by atoms with Crippen molar-refractivity contribution in [3.8, 4) is 11.1 Å². The summed E-state index contributed by atoms with van der Waals surface area (Å²) in [6.07, 6.45) is -1.46. The molecule has 0 saturated heterocycles. The smallest absolute Gasteiger partial charge is 0.337 e. The van der Waals surface area contributed by atoms with E-state index in [0.717, 1.165) is 16.7 Å². The highest BCUT2D eigenvalue weighted by Gasteiger charge is 2.15. The van der Waals surface area contributed by atoms with Gasteiger partial charge in [0, 0.05) is 0 Å². The van der Waals surface area contributed by atoms with Gasteiger partial charge in [-0.1, -0.05) is 48.5 Å². The van der Waals surface area contributed by atoms with Gasteiger partial charge in [-0.05, 0) is 29.2 Å². The van der Waals surface area contributed by atoms with E-state index in [1.807, 2.05) is 43.3 Å². The van der Waals surface area contributed by atoms with E-state index in [-0.39, 0.29) is 0 Å². The van der Waals surface area contributed by atoms with E-state index in [1.54, 1.807) is 12.1 Å². The molecule has 0 aliphatic carbocycles. The maximum Gasteiger partial charge on any atom is 0.337 e. The van der Waals surface area contributed by atoms with Crippen molar-refractivity contribution in [3.63, 3.8) is 0 Å². The van der Waals surface area contributed by atoms with Crippen LogP contribution >= 0.6 is 0 Å². The van der Waals surface area contributed by atoms with Gasteiger partial charge in [0.2, 0.25) is 0 Å². The molecule has 0 aromatic heterocycles. The lowest BCUT2D eigenvalue weighted by Gasteiger charge is -2.09. The summed E-state index contributed by atoms with van der Waals surface area (Å²) in [5, 5.41) is 18.1. The zero-order valence-corrected chi connectivity index (χ0v) is 10.00. The Morgan fingerprint density at radius 1 is 1.06 bits per heavy atom. The Hall–Kier alpha value is -2.13. The predicted octanol–water partition coefficient (Wildman–Crippen LogP) is 2.78. The van der Waals surface area contributed by atoms with Crippen molar-refractivity contribution in [2.45, 2.75) is 13.0 Å². The minimum Gasteiger partial charge on any atom is -0.479 e. The van der Waals surface area contributed by atoms with Gasteiger partial charge in [-0.2, -0.15) is 0 Å². The molecular formula is C15H14O3. The van der Waals surface area contributed by atoms with Crippen LogP contribution < -0.4 is 0 Å². The number of carboxylic acid groups (broad SMARTS) is 1. The third-order valence-corrected chi connectivity index (χ3v) is 2.92. The molecule has 0 spiro atoms. The number of benzene rings is 2. The minimum atomic E-state index is -1.46. The van der Waals surface area contributed by atoms with Gasteiger partial charge in [0.15, 0.2) is 6.10 Å². The van der Waals surface area contributed by atoms with Crippen molar-refractivity contribution in [3.05, 3.63) is 59.7 Å². The number of carboxylic acids is 1. The molecule has 0 aliphatic rings. The highest BCUT2D eigenvalue weighted by atomic mass is 16.4. The van der Waals surface area contributed by atoms with Crippen LogP contribution in [0.3, 0.4) is 0 Å². The first kappa shape index (κ1) is 12.3. The monoisotopic (exact) mass is 242 g/mol. The van der Waals surface area contributed by atoms with Crippen LogP contribution in [-0.4, -0.2) is 16.2 Å². The average molecular weight is 242 g/mol. The van der Waals surface area contributed by atoms with Gasteiger partial charge in [0.1, 0.15) is 0 Å². The molecule has 0 bridgehead atoms. The molecule has 0 aliphatic heterocycles. The molecule has 0 fully saturated rings. The summed E-state index contributed by atoms with van der Waals surface area (Å²) in [4.78, 5) is 10.7. The van der Waals surface area contributed by atoms with Crippen molar-refractivity contribution in [2.24, 2.45) is 0 Å². The molecule has 18 heavy (non-hydrogen) atoms. The lowest BCUT2D eigenvalue weighted by Crippen LogP contribution is -2.10. The van der Waals surface area contributed by atoms with Gasteiger partial charge < -0.3 is 10.2 Å². The van der Waals surface area contributed by atoms with Crippen LogP contribution in [0.2, 0.25) is 0 Å². The van der Waals surface area contributed by atoms with Gasteiger partial charge in [-0.15, -0.1) is 0 Å². The molecule has 0 unspecified atom stereocenters. The van der Waals surface area contributed by atoms with Crippen LogP contribution in [0.15, 0.2) is 48.5 Å². The minimum absolute atomic E-state index is 0.389. The number of aliphatic carboxylic acids is 1. The van der Waals surface area contributed by atoms with Crippen molar-refractivity contribution in [1.82, 2.24) is 0 Å². The summed E-state index contributed by atoms with van der Waals surface area (Å²) in [6, 6.07) is 14.9. The summed E-state index contributed by atoms with van der Waals surface area (Å²) in [7, 11) is 0.